The molecule has 1 fully saturated rings. The van der Waals surface area contributed by atoms with E-state index in [9.17, 15) is 0 Å². The maximum atomic E-state index is 5.26. The topological polar surface area (TPSA) is 24.5 Å². The summed E-state index contributed by atoms with van der Waals surface area (Å²) in [6.07, 6.45) is 3.87. The minimum Gasteiger partial charge on any atom is -0.383 e. The van der Waals surface area contributed by atoms with Gasteiger partial charge in [-0.05, 0) is 39.3 Å². The lowest BCUT2D eigenvalue weighted by molar-refractivity contribution is 0.0811. The van der Waals surface area contributed by atoms with Crippen molar-refractivity contribution in [2.75, 3.05) is 33.4 Å². The highest BCUT2D eigenvalue weighted by molar-refractivity contribution is 4.95. The average molecular weight is 228 g/mol. The zero-order valence-corrected chi connectivity index (χ0v) is 11.4. The lowest BCUT2D eigenvalue weighted by Crippen LogP contribution is -2.52. The third kappa shape index (κ3) is 3.44. The molecule has 1 saturated heterocycles. The van der Waals surface area contributed by atoms with E-state index in [1.54, 1.807) is 7.11 Å². The summed E-state index contributed by atoms with van der Waals surface area (Å²) < 4.78 is 5.26. The number of methoxy groups -OCH3 is 1. The Hall–Kier alpha value is -0.120. The zero-order valence-electron chi connectivity index (χ0n) is 11.4. The molecule has 2 atom stereocenters. The lowest BCUT2D eigenvalue weighted by atomic mass is 9.93. The second-order valence-electron chi connectivity index (χ2n) is 5.03. The molecule has 1 aliphatic rings. The van der Waals surface area contributed by atoms with Gasteiger partial charge < -0.3 is 10.1 Å². The molecular formula is C13H28N2O. The van der Waals surface area contributed by atoms with Crippen molar-refractivity contribution in [1.82, 2.24) is 10.2 Å². The summed E-state index contributed by atoms with van der Waals surface area (Å²) >= 11 is 0. The highest BCUT2D eigenvalue weighted by Crippen LogP contribution is 2.24. The molecule has 0 aromatic rings. The monoisotopic (exact) mass is 228 g/mol. The molecule has 0 aromatic heterocycles. The molecule has 0 amide bonds. The summed E-state index contributed by atoms with van der Waals surface area (Å²) in [4.78, 5) is 2.53. The molecule has 3 nitrogen and oxygen atoms in total. The first-order valence-electron chi connectivity index (χ1n) is 6.65. The molecule has 0 saturated carbocycles. The predicted molar refractivity (Wildman–Crippen MR) is 68.8 cm³/mol. The molecule has 16 heavy (non-hydrogen) atoms. The standard InChI is InChI=1S/C13H28N2O/c1-5-13(8-7-9-14-13)11-15(6-2)12(3)10-16-4/h12,14H,5-11H2,1-4H3. The van der Waals surface area contributed by atoms with Crippen LogP contribution >= 0.6 is 0 Å². The molecule has 0 aliphatic carbocycles. The summed E-state index contributed by atoms with van der Waals surface area (Å²) in [5.74, 6) is 0. The Bertz CT molecular complexity index is 190. The Kier molecular flexibility index (Phi) is 5.73. The van der Waals surface area contributed by atoms with E-state index in [1.807, 2.05) is 0 Å². The van der Waals surface area contributed by atoms with Gasteiger partial charge in [0.2, 0.25) is 0 Å². The minimum absolute atomic E-state index is 0.359. The SMILES string of the molecule is CCN(CC1(CC)CCCN1)C(C)COC. The maximum Gasteiger partial charge on any atom is 0.0615 e. The van der Waals surface area contributed by atoms with Crippen LogP contribution < -0.4 is 5.32 Å². The van der Waals surface area contributed by atoms with Crippen molar-refractivity contribution >= 4 is 0 Å². The zero-order chi connectivity index (χ0) is 12.0. The summed E-state index contributed by atoms with van der Waals surface area (Å²) in [5, 5.41) is 3.70. The van der Waals surface area contributed by atoms with Gasteiger partial charge >= 0.3 is 0 Å². The molecule has 0 bridgehead atoms. The molecule has 0 aromatic carbocycles. The summed E-state index contributed by atoms with van der Waals surface area (Å²) in [7, 11) is 1.79. The van der Waals surface area contributed by atoms with Crippen LogP contribution in [-0.4, -0.2) is 49.8 Å². The molecule has 1 heterocycles. The predicted octanol–water partition coefficient (Wildman–Crippen LogP) is 1.88. The van der Waals surface area contributed by atoms with Crippen molar-refractivity contribution in [3.63, 3.8) is 0 Å². The molecule has 1 N–H and O–H groups in total. The summed E-state index contributed by atoms with van der Waals surface area (Å²) in [5.41, 5.74) is 0.359. The van der Waals surface area contributed by atoms with E-state index in [0.29, 0.717) is 11.6 Å². The van der Waals surface area contributed by atoms with Gasteiger partial charge in [-0.15, -0.1) is 0 Å². The fourth-order valence-corrected chi connectivity index (χ4v) is 2.73. The average Bonchev–Trinajstić information content (AvgIpc) is 2.75. The highest BCUT2D eigenvalue weighted by atomic mass is 16.5. The Morgan fingerprint density at radius 3 is 2.62 bits per heavy atom. The first kappa shape index (κ1) is 13.9. The van der Waals surface area contributed by atoms with E-state index < -0.39 is 0 Å². The van der Waals surface area contributed by atoms with Crippen LogP contribution in [0.15, 0.2) is 0 Å². The van der Waals surface area contributed by atoms with Crippen LogP contribution in [0, 0.1) is 0 Å². The lowest BCUT2D eigenvalue weighted by Gasteiger charge is -2.37. The van der Waals surface area contributed by atoms with Gasteiger partial charge in [-0.25, -0.2) is 0 Å². The van der Waals surface area contributed by atoms with Gasteiger partial charge in [0.1, 0.15) is 0 Å². The van der Waals surface area contributed by atoms with Crippen LogP contribution in [0.1, 0.15) is 40.0 Å². The number of nitrogens with one attached hydrogen (secondary N) is 1. The number of likely N-dealkylation sites (N-methyl/N-ethyl adjacent to an activating group) is 1. The normalized spacial score (nSPS) is 27.6. The number of hydrogen-bond acceptors (Lipinski definition) is 3. The van der Waals surface area contributed by atoms with Gasteiger partial charge in [-0.3, -0.25) is 4.90 Å². The van der Waals surface area contributed by atoms with Crippen molar-refractivity contribution in [3.8, 4) is 0 Å². The molecule has 0 radical (unpaired) electrons. The molecule has 0 spiro atoms. The molecule has 3 heteroatoms. The molecule has 1 rings (SSSR count). The van der Waals surface area contributed by atoms with Crippen LogP contribution in [0.2, 0.25) is 0 Å². The van der Waals surface area contributed by atoms with E-state index in [1.165, 1.54) is 25.8 Å². The van der Waals surface area contributed by atoms with Crippen LogP contribution in [0.25, 0.3) is 0 Å². The van der Waals surface area contributed by atoms with Crippen molar-refractivity contribution < 1.29 is 4.74 Å². The Labute approximate surface area is 101 Å². The van der Waals surface area contributed by atoms with Crippen molar-refractivity contribution in [2.45, 2.75) is 51.6 Å². The van der Waals surface area contributed by atoms with E-state index in [-0.39, 0.29) is 0 Å². The third-order valence-electron chi connectivity index (χ3n) is 3.95. The number of hydrogen-bond donors (Lipinski definition) is 1. The molecule has 1 aliphatic heterocycles. The third-order valence-corrected chi connectivity index (χ3v) is 3.95. The summed E-state index contributed by atoms with van der Waals surface area (Å²) in [6.45, 7) is 11.1. The van der Waals surface area contributed by atoms with Gasteiger partial charge in [-0.2, -0.15) is 0 Å². The number of ether oxygens (including phenoxy) is 1. The van der Waals surface area contributed by atoms with Crippen molar-refractivity contribution in [3.05, 3.63) is 0 Å². The second kappa shape index (κ2) is 6.58. The van der Waals surface area contributed by atoms with Gasteiger partial charge in [-0.1, -0.05) is 13.8 Å². The first-order chi connectivity index (χ1) is 7.67. The van der Waals surface area contributed by atoms with E-state index >= 15 is 0 Å². The fraction of sp³-hybridized carbons (Fsp3) is 1.00. The van der Waals surface area contributed by atoms with Gasteiger partial charge in [0.25, 0.3) is 0 Å². The Balaban J connectivity index is 2.53. The molecular weight excluding hydrogens is 200 g/mol. The maximum absolute atomic E-state index is 5.26. The van der Waals surface area contributed by atoms with Crippen LogP contribution in [-0.2, 0) is 4.74 Å². The Morgan fingerprint density at radius 1 is 1.44 bits per heavy atom. The van der Waals surface area contributed by atoms with E-state index in [4.69, 9.17) is 4.74 Å². The quantitative estimate of drug-likeness (QED) is 0.720. The molecule has 96 valence electrons. The van der Waals surface area contributed by atoms with Crippen molar-refractivity contribution in [2.24, 2.45) is 0 Å². The van der Waals surface area contributed by atoms with Crippen LogP contribution in [0.5, 0.6) is 0 Å². The number of rotatable bonds is 7. The van der Waals surface area contributed by atoms with Gasteiger partial charge in [0, 0.05) is 25.2 Å². The van der Waals surface area contributed by atoms with E-state index in [0.717, 1.165) is 19.7 Å². The van der Waals surface area contributed by atoms with Gasteiger partial charge in [0.15, 0.2) is 0 Å². The van der Waals surface area contributed by atoms with Crippen molar-refractivity contribution in [1.29, 1.82) is 0 Å². The minimum atomic E-state index is 0.359. The highest BCUT2D eigenvalue weighted by Gasteiger charge is 2.33. The fourth-order valence-electron chi connectivity index (χ4n) is 2.73. The van der Waals surface area contributed by atoms with Crippen LogP contribution in [0.4, 0.5) is 0 Å². The second-order valence-corrected chi connectivity index (χ2v) is 5.03. The van der Waals surface area contributed by atoms with Gasteiger partial charge in [0.05, 0.1) is 6.61 Å². The summed E-state index contributed by atoms with van der Waals surface area (Å²) in [6, 6.07) is 0.515. The Morgan fingerprint density at radius 2 is 2.19 bits per heavy atom. The smallest absolute Gasteiger partial charge is 0.0615 e. The largest absolute Gasteiger partial charge is 0.383 e. The molecule has 2 unspecified atom stereocenters. The first-order valence-corrected chi connectivity index (χ1v) is 6.65. The van der Waals surface area contributed by atoms with E-state index in [2.05, 4.69) is 31.0 Å². The number of nitrogens with zero attached hydrogens (tertiary/aromatic N) is 1. The van der Waals surface area contributed by atoms with Crippen LogP contribution in [0.3, 0.4) is 0 Å².